The number of aromatic nitrogens is 5. The van der Waals surface area contributed by atoms with E-state index >= 15 is 0 Å². The Kier molecular flexibility index (Phi) is 5.71. The molecule has 1 amide bonds. The minimum Gasteiger partial charge on any atom is -0.486 e. The molecule has 0 saturated carbocycles. The molecule has 2 aromatic carbocycles. The largest absolute Gasteiger partial charge is 0.486 e. The van der Waals surface area contributed by atoms with Crippen molar-refractivity contribution >= 4 is 32.6 Å². The fourth-order valence-electron chi connectivity index (χ4n) is 2.97. The predicted octanol–water partition coefficient (Wildman–Crippen LogP) is 4.26. The number of hydrogen-bond acceptors (Lipinski definition) is 7. The Morgan fingerprint density at radius 2 is 2.10 bits per heavy atom. The quantitative estimate of drug-likeness (QED) is 0.478. The van der Waals surface area contributed by atoms with E-state index in [1.165, 1.54) is 16.9 Å². The first kappa shape index (κ1) is 20.0. The highest BCUT2D eigenvalue weighted by Gasteiger charge is 2.12. The van der Waals surface area contributed by atoms with Crippen LogP contribution >= 0.6 is 11.3 Å². The van der Waals surface area contributed by atoms with Gasteiger partial charge >= 0.3 is 0 Å². The molecule has 2 heterocycles. The van der Waals surface area contributed by atoms with Gasteiger partial charge in [-0.05, 0) is 59.2 Å². The highest BCUT2D eigenvalue weighted by atomic mass is 32.1. The number of tetrazole rings is 1. The van der Waals surface area contributed by atoms with Crippen molar-refractivity contribution < 1.29 is 9.53 Å². The van der Waals surface area contributed by atoms with Gasteiger partial charge in [0.15, 0.2) is 11.0 Å². The van der Waals surface area contributed by atoms with Gasteiger partial charge in [-0.25, -0.2) is 9.67 Å². The van der Waals surface area contributed by atoms with Crippen LogP contribution in [0.15, 0.2) is 42.5 Å². The smallest absolute Gasteiger partial charge is 0.257 e. The van der Waals surface area contributed by atoms with Crippen LogP contribution in [0.1, 0.15) is 48.4 Å². The Morgan fingerprint density at radius 1 is 1.23 bits per heavy atom. The lowest BCUT2D eigenvalue weighted by atomic mass is 10.0. The number of ether oxygens (including phenoxy) is 1. The minimum absolute atomic E-state index is 0.224. The van der Waals surface area contributed by atoms with Crippen LogP contribution in [0.2, 0.25) is 0 Å². The average molecular weight is 423 g/mol. The fraction of sp³-hybridized carbons (Fsp3) is 0.286. The van der Waals surface area contributed by atoms with E-state index in [1.807, 2.05) is 13.0 Å². The summed E-state index contributed by atoms with van der Waals surface area (Å²) in [5, 5.41) is 14.9. The van der Waals surface area contributed by atoms with Crippen LogP contribution in [0, 0.1) is 0 Å². The van der Waals surface area contributed by atoms with E-state index < -0.39 is 0 Å². The summed E-state index contributed by atoms with van der Waals surface area (Å²) in [6, 6.07) is 13.2. The Bertz CT molecular complexity index is 1180. The monoisotopic (exact) mass is 422 g/mol. The van der Waals surface area contributed by atoms with Crippen molar-refractivity contribution in [1.82, 2.24) is 25.2 Å². The number of carbonyl (C=O) groups excluding carboxylic acids is 1. The van der Waals surface area contributed by atoms with Gasteiger partial charge in [0.2, 0.25) is 0 Å². The van der Waals surface area contributed by atoms with Gasteiger partial charge in [0.1, 0.15) is 12.4 Å². The number of nitrogens with zero attached hydrogens (tertiary/aromatic N) is 5. The zero-order valence-corrected chi connectivity index (χ0v) is 17.8. The third-order valence-corrected chi connectivity index (χ3v) is 5.60. The number of amides is 1. The van der Waals surface area contributed by atoms with E-state index in [0.717, 1.165) is 10.2 Å². The summed E-state index contributed by atoms with van der Waals surface area (Å²) >= 11 is 1.47. The molecular formula is C21H22N6O2S. The van der Waals surface area contributed by atoms with Gasteiger partial charge in [0.05, 0.1) is 10.2 Å². The van der Waals surface area contributed by atoms with E-state index in [0.29, 0.717) is 34.7 Å². The maximum atomic E-state index is 12.7. The normalized spacial score (nSPS) is 11.2. The molecule has 30 heavy (non-hydrogen) atoms. The second kappa shape index (κ2) is 8.58. The predicted molar refractivity (Wildman–Crippen MR) is 116 cm³/mol. The zero-order chi connectivity index (χ0) is 21.1. The molecule has 0 aliphatic carbocycles. The number of aryl methyl sites for hydroxylation is 1. The van der Waals surface area contributed by atoms with Crippen LogP contribution in [-0.2, 0) is 13.2 Å². The molecule has 4 aromatic rings. The zero-order valence-electron chi connectivity index (χ0n) is 17.0. The van der Waals surface area contributed by atoms with Crippen LogP contribution in [-0.4, -0.2) is 31.1 Å². The number of rotatable bonds is 7. The summed E-state index contributed by atoms with van der Waals surface area (Å²) in [6.45, 7) is 7.15. The van der Waals surface area contributed by atoms with Gasteiger partial charge in [-0.2, -0.15) is 0 Å². The molecule has 0 spiro atoms. The maximum Gasteiger partial charge on any atom is 0.257 e. The topological polar surface area (TPSA) is 94.8 Å². The Labute approximate surface area is 177 Å². The molecule has 154 valence electrons. The fourth-order valence-corrected chi connectivity index (χ4v) is 3.88. The lowest BCUT2D eigenvalue weighted by Gasteiger charge is -2.07. The van der Waals surface area contributed by atoms with Gasteiger partial charge in [-0.3, -0.25) is 10.1 Å². The first-order chi connectivity index (χ1) is 14.5. The Morgan fingerprint density at radius 3 is 2.90 bits per heavy atom. The third kappa shape index (κ3) is 4.30. The number of carbonyl (C=O) groups is 1. The highest BCUT2D eigenvalue weighted by Crippen LogP contribution is 2.29. The average Bonchev–Trinajstić information content (AvgIpc) is 3.37. The van der Waals surface area contributed by atoms with Crippen LogP contribution in [0.5, 0.6) is 5.75 Å². The first-order valence-electron chi connectivity index (χ1n) is 9.73. The summed E-state index contributed by atoms with van der Waals surface area (Å²) < 4.78 is 8.48. The van der Waals surface area contributed by atoms with Crippen molar-refractivity contribution in [3.63, 3.8) is 0 Å². The number of hydrogen-bond donors (Lipinski definition) is 1. The van der Waals surface area contributed by atoms with E-state index in [2.05, 4.69) is 51.8 Å². The number of benzene rings is 2. The summed E-state index contributed by atoms with van der Waals surface area (Å²) in [4.78, 5) is 17.2. The van der Waals surface area contributed by atoms with E-state index in [4.69, 9.17) is 4.74 Å². The van der Waals surface area contributed by atoms with Crippen molar-refractivity contribution in [1.29, 1.82) is 0 Å². The van der Waals surface area contributed by atoms with Gasteiger partial charge in [-0.1, -0.05) is 37.3 Å². The molecule has 0 aliphatic rings. The van der Waals surface area contributed by atoms with Crippen molar-refractivity contribution in [2.75, 3.05) is 5.32 Å². The van der Waals surface area contributed by atoms with Crippen LogP contribution in [0.25, 0.3) is 10.2 Å². The molecule has 8 nitrogen and oxygen atoms in total. The van der Waals surface area contributed by atoms with E-state index in [-0.39, 0.29) is 12.5 Å². The Balaban J connectivity index is 1.46. The summed E-state index contributed by atoms with van der Waals surface area (Å²) in [6.07, 6.45) is 0. The number of nitrogens with one attached hydrogen (secondary N) is 1. The van der Waals surface area contributed by atoms with Gasteiger partial charge in [-0.15, -0.1) is 5.10 Å². The highest BCUT2D eigenvalue weighted by molar-refractivity contribution is 7.22. The SMILES string of the molecule is CCn1nnnc1COc1cccc(C(=O)Nc2nc3ccc(C(C)C)cc3s2)c1. The molecule has 0 bridgehead atoms. The van der Waals surface area contributed by atoms with Crippen LogP contribution < -0.4 is 10.1 Å². The van der Waals surface area contributed by atoms with Crippen molar-refractivity contribution in [3.8, 4) is 5.75 Å². The lowest BCUT2D eigenvalue weighted by molar-refractivity contribution is 0.102. The standard InChI is InChI=1S/C21H22N6O2S/c1-4-27-19(24-25-26-27)12-29-16-7-5-6-15(10-16)20(28)23-21-22-17-9-8-14(13(2)3)11-18(17)30-21/h5-11,13H,4,12H2,1-3H3,(H,22,23,28). The molecule has 0 fully saturated rings. The van der Waals surface area contributed by atoms with Crippen molar-refractivity contribution in [3.05, 3.63) is 59.4 Å². The van der Waals surface area contributed by atoms with Gasteiger partial charge < -0.3 is 4.74 Å². The van der Waals surface area contributed by atoms with Crippen molar-refractivity contribution in [2.24, 2.45) is 0 Å². The summed E-state index contributed by atoms with van der Waals surface area (Å²) in [5.41, 5.74) is 2.62. The lowest BCUT2D eigenvalue weighted by Crippen LogP contribution is -2.12. The van der Waals surface area contributed by atoms with Gasteiger partial charge in [0.25, 0.3) is 5.91 Å². The van der Waals surface area contributed by atoms with Crippen molar-refractivity contribution in [2.45, 2.75) is 39.8 Å². The molecule has 0 radical (unpaired) electrons. The first-order valence-corrected chi connectivity index (χ1v) is 10.5. The number of thiazole rings is 1. The Hall–Kier alpha value is -3.33. The van der Waals surface area contributed by atoms with Crippen LogP contribution in [0.3, 0.4) is 0 Å². The summed E-state index contributed by atoms with van der Waals surface area (Å²) in [5.74, 6) is 1.41. The molecule has 0 saturated heterocycles. The number of anilines is 1. The molecule has 4 rings (SSSR count). The second-order valence-electron chi connectivity index (χ2n) is 7.08. The molecule has 2 aromatic heterocycles. The third-order valence-electron chi connectivity index (χ3n) is 4.67. The summed E-state index contributed by atoms with van der Waals surface area (Å²) in [7, 11) is 0. The molecule has 0 atom stereocenters. The van der Waals surface area contributed by atoms with E-state index in [9.17, 15) is 4.79 Å². The van der Waals surface area contributed by atoms with E-state index in [1.54, 1.807) is 28.9 Å². The maximum absolute atomic E-state index is 12.7. The molecular weight excluding hydrogens is 400 g/mol. The van der Waals surface area contributed by atoms with Crippen LogP contribution in [0.4, 0.5) is 5.13 Å². The minimum atomic E-state index is -0.234. The number of fused-ring (bicyclic) bond motifs is 1. The molecule has 9 heteroatoms. The molecule has 1 N–H and O–H groups in total. The van der Waals surface area contributed by atoms with Gasteiger partial charge in [0, 0.05) is 12.1 Å². The second-order valence-corrected chi connectivity index (χ2v) is 8.11. The molecule has 0 aliphatic heterocycles. The molecule has 0 unspecified atom stereocenters.